The topological polar surface area (TPSA) is 38.8 Å². The molecule has 0 amide bonds. The van der Waals surface area contributed by atoms with Crippen LogP contribution in [0.15, 0.2) is 60.7 Å². The monoisotopic (exact) mass is 397 g/mol. The van der Waals surface area contributed by atoms with Crippen LogP contribution >= 0.6 is 0 Å². The molecule has 1 aliphatic heterocycles. The highest BCUT2D eigenvalue weighted by Crippen LogP contribution is 2.39. The summed E-state index contributed by atoms with van der Waals surface area (Å²) in [4.78, 5) is 14.2. The molecule has 0 N–H and O–H groups in total. The van der Waals surface area contributed by atoms with Gasteiger partial charge in [0.05, 0.1) is 13.2 Å². The minimum Gasteiger partial charge on any atom is -0.468 e. The third-order valence-corrected chi connectivity index (χ3v) is 10.8. The van der Waals surface area contributed by atoms with E-state index in [4.69, 9.17) is 9.16 Å². The molecule has 150 valence electrons. The molecule has 1 heterocycles. The van der Waals surface area contributed by atoms with Gasteiger partial charge in [0.2, 0.25) is 0 Å². The molecule has 5 heteroatoms. The average Bonchev–Trinajstić information content (AvgIpc) is 3.06. The molecule has 0 unspecified atom stereocenters. The van der Waals surface area contributed by atoms with Gasteiger partial charge in [-0.1, -0.05) is 81.4 Å². The van der Waals surface area contributed by atoms with Gasteiger partial charge >= 0.3 is 5.97 Å². The number of methoxy groups -OCH3 is 1. The fourth-order valence-electron chi connectivity index (χ4n) is 4.39. The van der Waals surface area contributed by atoms with E-state index in [1.165, 1.54) is 17.5 Å². The highest BCUT2D eigenvalue weighted by molar-refractivity contribution is 6.99. The fourth-order valence-corrected chi connectivity index (χ4v) is 9.08. The number of likely N-dealkylation sites (tertiary alicyclic amines) is 1. The molecule has 28 heavy (non-hydrogen) atoms. The lowest BCUT2D eigenvalue weighted by molar-refractivity contribution is -0.145. The maximum atomic E-state index is 12.2. The Morgan fingerprint density at radius 1 is 1.00 bits per heavy atom. The molecule has 2 aromatic rings. The lowest BCUT2D eigenvalue weighted by Crippen LogP contribution is -2.67. The number of likely N-dealkylation sites (N-methyl/N-ethyl adjacent to an activating group) is 1. The van der Waals surface area contributed by atoms with Crippen LogP contribution in [-0.2, 0) is 14.0 Å². The molecular formula is C23H31NO3Si. The summed E-state index contributed by atoms with van der Waals surface area (Å²) >= 11 is 0. The van der Waals surface area contributed by atoms with Crippen molar-refractivity contribution in [2.75, 3.05) is 20.7 Å². The number of rotatable bonds is 5. The van der Waals surface area contributed by atoms with Crippen molar-refractivity contribution >= 4 is 24.7 Å². The van der Waals surface area contributed by atoms with Gasteiger partial charge in [-0.05, 0) is 28.9 Å². The fraction of sp³-hybridized carbons (Fsp3) is 0.435. The van der Waals surface area contributed by atoms with E-state index in [1.807, 2.05) is 24.1 Å². The molecule has 0 spiro atoms. The molecule has 1 aliphatic rings. The average molecular weight is 398 g/mol. The summed E-state index contributed by atoms with van der Waals surface area (Å²) in [7, 11) is 0.822. The van der Waals surface area contributed by atoms with E-state index in [9.17, 15) is 4.79 Å². The van der Waals surface area contributed by atoms with Crippen molar-refractivity contribution in [1.29, 1.82) is 0 Å². The highest BCUT2D eigenvalue weighted by Gasteiger charge is 2.52. The zero-order valence-corrected chi connectivity index (χ0v) is 18.5. The first-order chi connectivity index (χ1) is 13.3. The molecule has 0 aromatic heterocycles. The summed E-state index contributed by atoms with van der Waals surface area (Å²) in [5.74, 6) is -0.184. The number of ether oxygens (including phenoxy) is 1. The standard InChI is InChI=1S/C23H31NO3Si/c1-23(2,3)28(19-12-8-6-9-13-19,20-14-10-7-11-15-20)27-18-16-21(22(25)26-5)24(4)17-18/h6-15,18,21H,16-17H2,1-5H3/t18-,21+/m0/s1. The minimum absolute atomic E-state index is 0.0135. The van der Waals surface area contributed by atoms with Crippen LogP contribution in [0.3, 0.4) is 0 Å². The van der Waals surface area contributed by atoms with Gasteiger partial charge in [-0.15, -0.1) is 0 Å². The number of carbonyl (C=O) groups excluding carboxylic acids is 1. The molecule has 0 bridgehead atoms. The van der Waals surface area contributed by atoms with E-state index < -0.39 is 8.32 Å². The number of nitrogens with zero attached hydrogens (tertiary/aromatic N) is 1. The van der Waals surface area contributed by atoms with Crippen molar-refractivity contribution in [2.24, 2.45) is 0 Å². The van der Waals surface area contributed by atoms with Crippen LogP contribution in [0.5, 0.6) is 0 Å². The molecule has 1 saturated heterocycles. The Bertz CT molecular complexity index is 749. The number of benzene rings is 2. The maximum Gasteiger partial charge on any atom is 0.323 e. The number of carbonyl (C=O) groups is 1. The Kier molecular flexibility index (Phi) is 6.08. The van der Waals surface area contributed by atoms with Crippen molar-refractivity contribution in [3.63, 3.8) is 0 Å². The summed E-state index contributed by atoms with van der Waals surface area (Å²) in [6, 6.07) is 21.0. The van der Waals surface area contributed by atoms with Gasteiger partial charge in [-0.2, -0.15) is 0 Å². The maximum absolute atomic E-state index is 12.2. The second-order valence-corrected chi connectivity index (χ2v) is 12.9. The lowest BCUT2D eigenvalue weighted by Gasteiger charge is -2.44. The Balaban J connectivity index is 2.06. The van der Waals surface area contributed by atoms with Gasteiger partial charge in [0.25, 0.3) is 8.32 Å². The molecule has 2 atom stereocenters. The van der Waals surface area contributed by atoms with Gasteiger partial charge in [0.15, 0.2) is 0 Å². The van der Waals surface area contributed by atoms with Crippen LogP contribution in [0.25, 0.3) is 0 Å². The van der Waals surface area contributed by atoms with Gasteiger partial charge in [0.1, 0.15) is 6.04 Å². The van der Waals surface area contributed by atoms with Gasteiger partial charge in [0, 0.05) is 6.54 Å². The third kappa shape index (κ3) is 3.79. The molecule has 0 aliphatic carbocycles. The van der Waals surface area contributed by atoms with Crippen LogP contribution in [0, 0.1) is 0 Å². The van der Waals surface area contributed by atoms with Crippen molar-refractivity contribution in [2.45, 2.75) is 44.4 Å². The van der Waals surface area contributed by atoms with E-state index in [0.717, 1.165) is 6.54 Å². The van der Waals surface area contributed by atoms with Gasteiger partial charge < -0.3 is 9.16 Å². The Labute approximate surface area is 169 Å². The summed E-state index contributed by atoms with van der Waals surface area (Å²) in [6.07, 6.45) is 0.647. The second kappa shape index (κ2) is 8.19. The number of hydrogen-bond donors (Lipinski definition) is 0. The van der Waals surface area contributed by atoms with E-state index in [0.29, 0.717) is 6.42 Å². The predicted molar refractivity (Wildman–Crippen MR) is 116 cm³/mol. The van der Waals surface area contributed by atoms with Crippen LogP contribution in [0.2, 0.25) is 5.04 Å². The number of esters is 1. The van der Waals surface area contributed by atoms with Crippen LogP contribution in [-0.4, -0.2) is 52.0 Å². The van der Waals surface area contributed by atoms with Crippen molar-refractivity contribution in [1.82, 2.24) is 4.90 Å². The quantitative estimate of drug-likeness (QED) is 0.574. The first-order valence-electron chi connectivity index (χ1n) is 9.86. The van der Waals surface area contributed by atoms with Crippen molar-refractivity contribution in [3.8, 4) is 0 Å². The normalized spacial score (nSPS) is 20.9. The van der Waals surface area contributed by atoms with Gasteiger partial charge in [-0.25, -0.2) is 0 Å². The minimum atomic E-state index is -2.60. The number of hydrogen-bond acceptors (Lipinski definition) is 4. The zero-order valence-electron chi connectivity index (χ0n) is 17.5. The van der Waals surface area contributed by atoms with E-state index in [1.54, 1.807) is 0 Å². The SMILES string of the molecule is COC(=O)[C@H]1C[C@H](O[Si](c2ccccc2)(c2ccccc2)C(C)(C)C)CN1C. The molecule has 4 nitrogen and oxygen atoms in total. The van der Waals surface area contributed by atoms with E-state index in [2.05, 4.69) is 69.3 Å². The van der Waals surface area contributed by atoms with E-state index >= 15 is 0 Å². The van der Waals surface area contributed by atoms with Crippen LogP contribution in [0.1, 0.15) is 27.2 Å². The molecule has 1 fully saturated rings. The summed E-state index contributed by atoms with van der Waals surface area (Å²) in [5, 5.41) is 2.45. The zero-order chi connectivity index (χ0) is 20.4. The molecule has 2 aromatic carbocycles. The Hall–Kier alpha value is -1.95. The lowest BCUT2D eigenvalue weighted by atomic mass is 10.2. The largest absolute Gasteiger partial charge is 0.468 e. The van der Waals surface area contributed by atoms with Crippen molar-refractivity contribution in [3.05, 3.63) is 60.7 Å². The highest BCUT2D eigenvalue weighted by atomic mass is 28.4. The Morgan fingerprint density at radius 2 is 1.50 bits per heavy atom. The smallest absolute Gasteiger partial charge is 0.323 e. The van der Waals surface area contributed by atoms with E-state index in [-0.39, 0.29) is 23.2 Å². The predicted octanol–water partition coefficient (Wildman–Crippen LogP) is 2.81. The second-order valence-electron chi connectivity index (χ2n) is 8.62. The molecule has 0 saturated carbocycles. The Morgan fingerprint density at radius 3 is 1.93 bits per heavy atom. The first kappa shape index (κ1) is 20.8. The third-order valence-electron chi connectivity index (χ3n) is 5.74. The first-order valence-corrected chi connectivity index (χ1v) is 11.8. The molecule has 0 radical (unpaired) electrons. The summed E-state index contributed by atoms with van der Waals surface area (Å²) < 4.78 is 12.1. The molecular weight excluding hydrogens is 366 g/mol. The summed E-state index contributed by atoms with van der Waals surface area (Å²) in [6.45, 7) is 7.55. The van der Waals surface area contributed by atoms with Gasteiger partial charge in [-0.3, -0.25) is 9.69 Å². The van der Waals surface area contributed by atoms with Crippen LogP contribution in [0.4, 0.5) is 0 Å². The summed E-state index contributed by atoms with van der Waals surface area (Å²) in [5.41, 5.74) is 0. The molecule has 3 rings (SSSR count). The van der Waals surface area contributed by atoms with Crippen LogP contribution < -0.4 is 10.4 Å². The van der Waals surface area contributed by atoms with Crippen molar-refractivity contribution < 1.29 is 14.0 Å².